The van der Waals surface area contributed by atoms with Crippen LogP contribution in [0.4, 0.5) is 5.69 Å². The number of hydrogen-bond donors (Lipinski definition) is 1. The number of nitrogens with two attached hydrogens (primary N) is 1. The molecule has 0 spiro atoms. The number of anilines is 1. The van der Waals surface area contributed by atoms with Gasteiger partial charge in [-0.05, 0) is 24.3 Å². The molecule has 0 atom stereocenters. The summed E-state index contributed by atoms with van der Waals surface area (Å²) in [7, 11) is 0. The van der Waals surface area contributed by atoms with E-state index in [-0.39, 0.29) is 0 Å². The Morgan fingerprint density at radius 2 is 1.75 bits per heavy atom. The lowest BCUT2D eigenvalue weighted by Gasteiger charge is -2.05. The molecule has 1 heterocycles. The number of aromatic nitrogens is 3. The van der Waals surface area contributed by atoms with Crippen molar-refractivity contribution < 1.29 is 4.74 Å². The monoisotopic (exact) mass is 216 g/mol. The van der Waals surface area contributed by atoms with Gasteiger partial charge < -0.3 is 10.5 Å². The molecule has 0 aliphatic carbocycles. The van der Waals surface area contributed by atoms with Crippen molar-refractivity contribution in [1.29, 1.82) is 0 Å². The van der Waals surface area contributed by atoms with Crippen molar-refractivity contribution in [1.82, 2.24) is 15.0 Å². The van der Waals surface area contributed by atoms with Gasteiger partial charge in [-0.2, -0.15) is 0 Å². The molecule has 5 nitrogen and oxygen atoms in total. The Morgan fingerprint density at radius 1 is 1.06 bits per heavy atom. The third-order valence-corrected chi connectivity index (χ3v) is 2.02. The summed E-state index contributed by atoms with van der Waals surface area (Å²) in [4.78, 5) is 11.7. The Bertz CT molecular complexity index is 429. The van der Waals surface area contributed by atoms with E-state index < -0.39 is 0 Å². The molecular formula is C11H12N4O. The van der Waals surface area contributed by atoms with Crippen molar-refractivity contribution in [3.63, 3.8) is 0 Å². The summed E-state index contributed by atoms with van der Waals surface area (Å²) < 4.78 is 5.51. The molecule has 1 aromatic heterocycles. The fraction of sp³-hybridized carbons (Fsp3) is 0.182. The topological polar surface area (TPSA) is 73.9 Å². The Labute approximate surface area is 93.3 Å². The number of rotatable bonds is 4. The molecule has 0 fully saturated rings. The zero-order chi connectivity index (χ0) is 11.2. The summed E-state index contributed by atoms with van der Waals surface area (Å²) in [5, 5.41) is 0. The highest BCUT2D eigenvalue weighted by Gasteiger charge is 1.97. The van der Waals surface area contributed by atoms with E-state index in [9.17, 15) is 0 Å². The molecule has 5 heteroatoms. The van der Waals surface area contributed by atoms with Gasteiger partial charge >= 0.3 is 0 Å². The lowest BCUT2D eigenvalue weighted by molar-refractivity contribution is 0.318. The van der Waals surface area contributed by atoms with Gasteiger partial charge in [0.05, 0.1) is 6.61 Å². The zero-order valence-electron chi connectivity index (χ0n) is 8.71. The first-order chi connectivity index (χ1) is 7.84. The van der Waals surface area contributed by atoms with Gasteiger partial charge in [0.15, 0.2) is 0 Å². The normalized spacial score (nSPS) is 10.0. The summed E-state index contributed by atoms with van der Waals surface area (Å²) in [5.41, 5.74) is 6.29. The number of nitrogen functional groups attached to an aromatic ring is 1. The van der Waals surface area contributed by atoms with Gasteiger partial charge in [0, 0.05) is 12.1 Å². The molecule has 0 aliphatic rings. The second-order valence-corrected chi connectivity index (χ2v) is 3.22. The van der Waals surface area contributed by atoms with Crippen molar-refractivity contribution in [2.45, 2.75) is 6.42 Å². The maximum absolute atomic E-state index is 5.56. The molecule has 1 aromatic carbocycles. The molecule has 0 saturated carbocycles. The van der Waals surface area contributed by atoms with Gasteiger partial charge in [-0.15, -0.1) is 0 Å². The third kappa shape index (κ3) is 2.91. The minimum Gasteiger partial charge on any atom is -0.493 e. The minimum absolute atomic E-state index is 0.536. The van der Waals surface area contributed by atoms with E-state index in [1.54, 1.807) is 12.1 Å². The first kappa shape index (κ1) is 10.4. The smallest absolute Gasteiger partial charge is 0.135 e. The molecule has 2 aromatic rings. The van der Waals surface area contributed by atoms with Crippen LogP contribution in [0.2, 0.25) is 0 Å². The summed E-state index contributed by atoms with van der Waals surface area (Å²) in [5.74, 6) is 1.52. The molecule has 82 valence electrons. The predicted molar refractivity (Wildman–Crippen MR) is 59.9 cm³/mol. The van der Waals surface area contributed by atoms with Crippen LogP contribution in [0.3, 0.4) is 0 Å². The van der Waals surface area contributed by atoms with Crippen molar-refractivity contribution in [3.05, 3.63) is 42.7 Å². The molecule has 2 rings (SSSR count). The number of ether oxygens (including phenoxy) is 1. The molecule has 0 aliphatic heterocycles. The van der Waals surface area contributed by atoms with E-state index in [0.29, 0.717) is 13.0 Å². The van der Waals surface area contributed by atoms with E-state index in [2.05, 4.69) is 15.0 Å². The second-order valence-electron chi connectivity index (χ2n) is 3.22. The van der Waals surface area contributed by atoms with Crippen LogP contribution in [0, 0.1) is 0 Å². The Morgan fingerprint density at radius 3 is 2.44 bits per heavy atom. The number of nitrogens with zero attached hydrogens (tertiary/aromatic N) is 3. The van der Waals surface area contributed by atoms with Crippen LogP contribution in [0.15, 0.2) is 36.9 Å². The summed E-state index contributed by atoms with van der Waals surface area (Å²) in [6.45, 7) is 0.536. The van der Waals surface area contributed by atoms with Crippen molar-refractivity contribution in [2.24, 2.45) is 0 Å². The lowest BCUT2D eigenvalue weighted by atomic mass is 10.3. The van der Waals surface area contributed by atoms with Gasteiger partial charge in [-0.25, -0.2) is 15.0 Å². The average molecular weight is 216 g/mol. The highest BCUT2D eigenvalue weighted by Crippen LogP contribution is 2.12. The lowest BCUT2D eigenvalue weighted by Crippen LogP contribution is -2.04. The summed E-state index contributed by atoms with van der Waals surface area (Å²) in [6.07, 6.45) is 3.62. The van der Waals surface area contributed by atoms with Crippen LogP contribution in [0.5, 0.6) is 5.75 Å². The van der Waals surface area contributed by atoms with E-state index in [0.717, 1.165) is 17.3 Å². The fourth-order valence-corrected chi connectivity index (χ4v) is 1.22. The zero-order valence-corrected chi connectivity index (χ0v) is 8.71. The highest BCUT2D eigenvalue weighted by molar-refractivity contribution is 5.41. The second kappa shape index (κ2) is 5.06. The number of benzene rings is 1. The van der Waals surface area contributed by atoms with Gasteiger partial charge in [0.25, 0.3) is 0 Å². The maximum Gasteiger partial charge on any atom is 0.135 e. The molecule has 0 radical (unpaired) electrons. The van der Waals surface area contributed by atoms with Crippen LogP contribution in [-0.2, 0) is 6.42 Å². The van der Waals surface area contributed by atoms with Gasteiger partial charge in [0.2, 0.25) is 0 Å². The quantitative estimate of drug-likeness (QED) is 0.774. The van der Waals surface area contributed by atoms with Crippen LogP contribution in [0.1, 0.15) is 5.82 Å². The Kier molecular flexibility index (Phi) is 3.28. The molecule has 2 N–H and O–H groups in total. The van der Waals surface area contributed by atoms with Crippen LogP contribution < -0.4 is 10.5 Å². The van der Waals surface area contributed by atoms with Crippen LogP contribution in [0.25, 0.3) is 0 Å². The first-order valence-electron chi connectivity index (χ1n) is 4.94. The van der Waals surface area contributed by atoms with Gasteiger partial charge in [-0.1, -0.05) is 0 Å². The van der Waals surface area contributed by atoms with Gasteiger partial charge in [-0.3, -0.25) is 0 Å². The molecule has 0 amide bonds. The van der Waals surface area contributed by atoms with Crippen LogP contribution >= 0.6 is 0 Å². The minimum atomic E-state index is 0.536. The average Bonchev–Trinajstić information content (AvgIpc) is 2.33. The van der Waals surface area contributed by atoms with Crippen LogP contribution in [-0.4, -0.2) is 21.6 Å². The van der Waals surface area contributed by atoms with Crippen molar-refractivity contribution in [2.75, 3.05) is 12.3 Å². The molecule has 0 bridgehead atoms. The SMILES string of the molecule is Nc1ccc(OCCc2ncncn2)cc1. The largest absolute Gasteiger partial charge is 0.493 e. The molecular weight excluding hydrogens is 204 g/mol. The van der Waals surface area contributed by atoms with E-state index in [4.69, 9.17) is 10.5 Å². The third-order valence-electron chi connectivity index (χ3n) is 2.02. The number of hydrogen-bond acceptors (Lipinski definition) is 5. The van der Waals surface area contributed by atoms with E-state index >= 15 is 0 Å². The standard InChI is InChI=1S/C11H12N4O/c12-9-1-3-10(4-2-9)16-6-5-11-14-7-13-8-15-11/h1-4,7-8H,5-6,12H2. The maximum atomic E-state index is 5.56. The molecule has 0 unspecified atom stereocenters. The highest BCUT2D eigenvalue weighted by atomic mass is 16.5. The first-order valence-corrected chi connectivity index (χ1v) is 4.94. The Balaban J connectivity index is 1.82. The summed E-state index contributed by atoms with van der Waals surface area (Å²) >= 11 is 0. The van der Waals surface area contributed by atoms with E-state index in [1.807, 2.05) is 12.1 Å². The molecule has 0 saturated heterocycles. The van der Waals surface area contributed by atoms with Crippen molar-refractivity contribution >= 4 is 5.69 Å². The van der Waals surface area contributed by atoms with Crippen molar-refractivity contribution in [3.8, 4) is 5.75 Å². The Hall–Kier alpha value is -2.17. The van der Waals surface area contributed by atoms with Gasteiger partial charge in [0.1, 0.15) is 24.2 Å². The summed E-state index contributed by atoms with van der Waals surface area (Å²) in [6, 6.07) is 7.28. The van der Waals surface area contributed by atoms with E-state index in [1.165, 1.54) is 12.7 Å². The fourth-order valence-electron chi connectivity index (χ4n) is 1.22. The molecule has 16 heavy (non-hydrogen) atoms. The predicted octanol–water partition coefficient (Wildman–Crippen LogP) is 1.08.